The second-order valence-corrected chi connectivity index (χ2v) is 8.46. The summed E-state index contributed by atoms with van der Waals surface area (Å²) in [6.07, 6.45) is 8.42. The number of carbonyl (C=O) groups is 2. The van der Waals surface area contributed by atoms with Gasteiger partial charge in [-0.1, -0.05) is 25.0 Å². The molecule has 0 unspecified atom stereocenters. The first-order valence-corrected chi connectivity index (χ1v) is 11.1. The molecule has 0 bridgehead atoms. The summed E-state index contributed by atoms with van der Waals surface area (Å²) in [5, 5.41) is 3.02. The van der Waals surface area contributed by atoms with E-state index in [1.54, 1.807) is 6.26 Å². The van der Waals surface area contributed by atoms with Crippen molar-refractivity contribution in [1.82, 2.24) is 15.1 Å². The van der Waals surface area contributed by atoms with Crippen LogP contribution in [0.25, 0.3) is 0 Å². The number of nitrogens with one attached hydrogen (secondary N) is 1. The Balaban J connectivity index is 1.40. The Labute approximate surface area is 178 Å². The number of nitrogens with zero attached hydrogens (tertiary/aromatic N) is 2. The third kappa shape index (κ3) is 5.95. The van der Waals surface area contributed by atoms with Gasteiger partial charge in [-0.05, 0) is 55.5 Å². The van der Waals surface area contributed by atoms with Crippen molar-refractivity contribution in [3.8, 4) is 0 Å². The number of furan rings is 1. The van der Waals surface area contributed by atoms with Gasteiger partial charge in [0, 0.05) is 31.2 Å². The van der Waals surface area contributed by atoms with E-state index in [0.717, 1.165) is 50.1 Å². The summed E-state index contributed by atoms with van der Waals surface area (Å²) in [6.45, 7) is 3.29. The van der Waals surface area contributed by atoms with Crippen LogP contribution in [0.15, 0.2) is 47.1 Å². The van der Waals surface area contributed by atoms with Gasteiger partial charge in [0.15, 0.2) is 0 Å². The number of amides is 2. The van der Waals surface area contributed by atoms with E-state index in [2.05, 4.69) is 10.2 Å². The Bertz CT molecular complexity index is 820. The van der Waals surface area contributed by atoms with Gasteiger partial charge in [0.05, 0.1) is 19.4 Å². The second kappa shape index (κ2) is 9.94. The van der Waals surface area contributed by atoms with Gasteiger partial charge >= 0.3 is 0 Å². The van der Waals surface area contributed by atoms with Gasteiger partial charge in [-0.15, -0.1) is 0 Å². The van der Waals surface area contributed by atoms with Gasteiger partial charge < -0.3 is 14.6 Å². The van der Waals surface area contributed by atoms with Crippen molar-refractivity contribution in [3.63, 3.8) is 0 Å². The lowest BCUT2D eigenvalue weighted by atomic mass is 10.1. The summed E-state index contributed by atoms with van der Waals surface area (Å²) in [5.41, 5.74) is 1.76. The zero-order valence-corrected chi connectivity index (χ0v) is 17.5. The van der Waals surface area contributed by atoms with Crippen LogP contribution in [0.1, 0.15) is 60.2 Å². The first-order valence-electron chi connectivity index (χ1n) is 11.1. The third-order valence-electron chi connectivity index (χ3n) is 5.81. The second-order valence-electron chi connectivity index (χ2n) is 8.46. The van der Waals surface area contributed by atoms with Crippen LogP contribution in [0.3, 0.4) is 0 Å². The molecule has 2 amide bonds. The van der Waals surface area contributed by atoms with E-state index >= 15 is 0 Å². The van der Waals surface area contributed by atoms with Crippen molar-refractivity contribution in [2.24, 2.45) is 0 Å². The Kier molecular flexibility index (Phi) is 6.84. The maximum Gasteiger partial charge on any atom is 0.251 e. The fourth-order valence-electron chi connectivity index (χ4n) is 3.92. The summed E-state index contributed by atoms with van der Waals surface area (Å²) in [4.78, 5) is 29.3. The van der Waals surface area contributed by atoms with Gasteiger partial charge in [0.25, 0.3) is 5.91 Å². The van der Waals surface area contributed by atoms with Crippen LogP contribution in [-0.4, -0.2) is 47.3 Å². The van der Waals surface area contributed by atoms with Gasteiger partial charge in [-0.3, -0.25) is 14.5 Å². The molecule has 1 N–H and O–H groups in total. The smallest absolute Gasteiger partial charge is 0.251 e. The number of likely N-dealkylation sites (tertiary alicyclic amines) is 1. The standard InChI is InChI=1S/C24H31N3O3/c28-23(27-13-3-1-2-4-14-27)18-26(17-22-6-5-15-30-22)16-19-7-9-20(10-8-19)24(29)25-21-11-12-21/h5-10,15,21H,1-4,11-14,16-18H2,(H,25,29). The minimum atomic E-state index is -0.00664. The quantitative estimate of drug-likeness (QED) is 0.724. The minimum Gasteiger partial charge on any atom is -0.468 e. The molecule has 2 aromatic rings. The van der Waals surface area contributed by atoms with Gasteiger partial charge in [0.1, 0.15) is 5.76 Å². The summed E-state index contributed by atoms with van der Waals surface area (Å²) >= 11 is 0. The van der Waals surface area contributed by atoms with Crippen LogP contribution in [-0.2, 0) is 17.9 Å². The molecule has 1 aromatic carbocycles. The van der Waals surface area contributed by atoms with Gasteiger partial charge in [-0.2, -0.15) is 0 Å². The Morgan fingerprint density at radius 2 is 1.73 bits per heavy atom. The van der Waals surface area contributed by atoms with Crippen molar-refractivity contribution in [2.75, 3.05) is 19.6 Å². The predicted octanol–water partition coefficient (Wildman–Crippen LogP) is 3.58. The molecule has 2 aliphatic rings. The average molecular weight is 410 g/mol. The van der Waals surface area contributed by atoms with Crippen LogP contribution >= 0.6 is 0 Å². The van der Waals surface area contributed by atoms with Gasteiger partial charge in [0.2, 0.25) is 5.91 Å². The van der Waals surface area contributed by atoms with Crippen molar-refractivity contribution in [3.05, 3.63) is 59.5 Å². The van der Waals surface area contributed by atoms with Crippen molar-refractivity contribution in [2.45, 2.75) is 57.7 Å². The van der Waals surface area contributed by atoms with E-state index in [1.165, 1.54) is 12.8 Å². The molecule has 160 valence electrons. The van der Waals surface area contributed by atoms with E-state index in [4.69, 9.17) is 4.42 Å². The molecule has 2 heterocycles. The molecule has 1 saturated carbocycles. The summed E-state index contributed by atoms with van der Waals surface area (Å²) < 4.78 is 5.52. The van der Waals surface area contributed by atoms with Crippen LogP contribution < -0.4 is 5.32 Å². The average Bonchev–Trinajstić information content (AvgIpc) is 3.48. The van der Waals surface area contributed by atoms with E-state index < -0.39 is 0 Å². The molecule has 4 rings (SSSR count). The van der Waals surface area contributed by atoms with E-state index in [9.17, 15) is 9.59 Å². The van der Waals surface area contributed by atoms with Crippen LogP contribution in [0.4, 0.5) is 0 Å². The van der Waals surface area contributed by atoms with E-state index in [1.807, 2.05) is 41.3 Å². The SMILES string of the molecule is O=C(NC1CC1)c1ccc(CN(CC(=O)N2CCCCCC2)Cc2ccco2)cc1. The maximum atomic E-state index is 12.9. The highest BCUT2D eigenvalue weighted by Gasteiger charge is 2.24. The van der Waals surface area contributed by atoms with Crippen molar-refractivity contribution >= 4 is 11.8 Å². The lowest BCUT2D eigenvalue weighted by Gasteiger charge is -2.26. The Morgan fingerprint density at radius 3 is 2.37 bits per heavy atom. The molecule has 2 fully saturated rings. The molecule has 6 heteroatoms. The number of rotatable bonds is 8. The number of carbonyl (C=O) groups excluding carboxylic acids is 2. The van der Waals surface area contributed by atoms with E-state index in [-0.39, 0.29) is 11.8 Å². The zero-order valence-electron chi connectivity index (χ0n) is 17.5. The van der Waals surface area contributed by atoms with E-state index in [0.29, 0.717) is 31.2 Å². The first-order chi connectivity index (χ1) is 14.7. The molecule has 30 heavy (non-hydrogen) atoms. The number of hydrogen-bond donors (Lipinski definition) is 1. The number of benzene rings is 1. The summed E-state index contributed by atoms with van der Waals surface area (Å²) in [6, 6.07) is 11.9. The molecule has 0 atom stereocenters. The molecule has 6 nitrogen and oxygen atoms in total. The van der Waals surface area contributed by atoms with Crippen molar-refractivity contribution < 1.29 is 14.0 Å². The van der Waals surface area contributed by atoms with Crippen LogP contribution in [0.5, 0.6) is 0 Å². The Hall–Kier alpha value is -2.60. The molecular formula is C24H31N3O3. The Morgan fingerprint density at radius 1 is 1.00 bits per heavy atom. The highest BCUT2D eigenvalue weighted by Crippen LogP contribution is 2.20. The molecule has 1 aliphatic heterocycles. The molecule has 1 aromatic heterocycles. The summed E-state index contributed by atoms with van der Waals surface area (Å²) in [5.74, 6) is 1.02. The normalized spacial score (nSPS) is 17.0. The number of hydrogen-bond acceptors (Lipinski definition) is 4. The van der Waals surface area contributed by atoms with Gasteiger partial charge in [-0.25, -0.2) is 0 Å². The molecule has 0 radical (unpaired) electrons. The summed E-state index contributed by atoms with van der Waals surface area (Å²) in [7, 11) is 0. The largest absolute Gasteiger partial charge is 0.468 e. The topological polar surface area (TPSA) is 65.8 Å². The fourth-order valence-corrected chi connectivity index (χ4v) is 3.92. The van der Waals surface area contributed by atoms with Crippen LogP contribution in [0, 0.1) is 0 Å². The first kappa shape index (κ1) is 20.7. The molecule has 1 saturated heterocycles. The highest BCUT2D eigenvalue weighted by molar-refractivity contribution is 5.94. The predicted molar refractivity (Wildman–Crippen MR) is 115 cm³/mol. The third-order valence-corrected chi connectivity index (χ3v) is 5.81. The molecule has 0 spiro atoms. The zero-order chi connectivity index (χ0) is 20.8. The molecule has 1 aliphatic carbocycles. The highest BCUT2D eigenvalue weighted by atomic mass is 16.3. The van der Waals surface area contributed by atoms with Crippen LogP contribution in [0.2, 0.25) is 0 Å². The molecular weight excluding hydrogens is 378 g/mol. The minimum absolute atomic E-state index is 0.00664. The lowest BCUT2D eigenvalue weighted by molar-refractivity contribution is -0.132. The maximum absolute atomic E-state index is 12.9. The van der Waals surface area contributed by atoms with Crippen molar-refractivity contribution in [1.29, 1.82) is 0 Å². The monoisotopic (exact) mass is 409 g/mol. The fraction of sp³-hybridized carbons (Fsp3) is 0.500. The lowest BCUT2D eigenvalue weighted by Crippen LogP contribution is -2.40.